The van der Waals surface area contributed by atoms with Gasteiger partial charge in [0.1, 0.15) is 11.6 Å². The van der Waals surface area contributed by atoms with Gasteiger partial charge in [-0.3, -0.25) is 14.4 Å². The van der Waals surface area contributed by atoms with E-state index in [1.54, 1.807) is 48.5 Å². The Morgan fingerprint density at radius 1 is 0.707 bits per heavy atom. The second-order valence-electron chi connectivity index (χ2n) is 9.50. The molecule has 0 unspecified atom stereocenters. The molecule has 2 N–H and O–H groups in total. The Morgan fingerprint density at radius 2 is 1.29 bits per heavy atom. The van der Waals surface area contributed by atoms with E-state index in [-0.39, 0.29) is 36.5 Å². The standard InChI is InChI=1S/C33H30F2N2O4/c34-29-17-8-18-30(35)28(29)22-36-32(40)26-15-6-4-13-24(26)25-14-5-7-16-27(25)33(41)37(21-19-31(38)39)20-9-12-23-10-2-1-3-11-23/h1-8,10-11,13-18H,9,12,19-22H2,(H,36,40)(H,38,39). The zero-order valence-corrected chi connectivity index (χ0v) is 22.4. The first-order valence-electron chi connectivity index (χ1n) is 13.3. The van der Waals surface area contributed by atoms with Crippen molar-refractivity contribution in [2.24, 2.45) is 0 Å². The Balaban J connectivity index is 1.58. The molecular weight excluding hydrogens is 526 g/mol. The van der Waals surface area contributed by atoms with Crippen LogP contribution in [0, 0.1) is 11.6 Å². The van der Waals surface area contributed by atoms with Gasteiger partial charge in [0.2, 0.25) is 0 Å². The molecule has 210 valence electrons. The summed E-state index contributed by atoms with van der Waals surface area (Å²) < 4.78 is 28.2. The van der Waals surface area contributed by atoms with Crippen molar-refractivity contribution >= 4 is 17.8 Å². The molecular formula is C33H30F2N2O4. The number of carbonyl (C=O) groups excluding carboxylic acids is 2. The van der Waals surface area contributed by atoms with Crippen LogP contribution in [0.25, 0.3) is 11.1 Å². The molecule has 0 spiro atoms. The van der Waals surface area contributed by atoms with Gasteiger partial charge in [0.05, 0.1) is 6.42 Å². The highest BCUT2D eigenvalue weighted by Gasteiger charge is 2.23. The molecule has 0 bridgehead atoms. The van der Waals surface area contributed by atoms with Gasteiger partial charge >= 0.3 is 5.97 Å². The van der Waals surface area contributed by atoms with Crippen molar-refractivity contribution in [2.45, 2.75) is 25.8 Å². The number of nitrogens with zero attached hydrogens (tertiary/aromatic N) is 1. The number of carboxylic acids is 1. The predicted molar refractivity (Wildman–Crippen MR) is 152 cm³/mol. The van der Waals surface area contributed by atoms with Gasteiger partial charge in [0.25, 0.3) is 11.8 Å². The second kappa shape index (κ2) is 14.0. The maximum absolute atomic E-state index is 14.1. The van der Waals surface area contributed by atoms with Crippen LogP contribution in [0.3, 0.4) is 0 Å². The molecule has 0 saturated heterocycles. The van der Waals surface area contributed by atoms with E-state index < -0.39 is 23.5 Å². The van der Waals surface area contributed by atoms with Crippen molar-refractivity contribution in [1.29, 1.82) is 0 Å². The number of carboxylic acid groups (broad SMARTS) is 1. The van der Waals surface area contributed by atoms with E-state index in [0.717, 1.165) is 24.1 Å². The van der Waals surface area contributed by atoms with Gasteiger partial charge in [-0.1, -0.05) is 72.8 Å². The zero-order valence-electron chi connectivity index (χ0n) is 22.4. The summed E-state index contributed by atoms with van der Waals surface area (Å²) in [5.74, 6) is -3.44. The van der Waals surface area contributed by atoms with Crippen LogP contribution in [0.4, 0.5) is 8.78 Å². The molecule has 6 nitrogen and oxygen atoms in total. The largest absolute Gasteiger partial charge is 0.481 e. The van der Waals surface area contributed by atoms with E-state index in [4.69, 9.17) is 0 Å². The van der Waals surface area contributed by atoms with Crippen molar-refractivity contribution < 1.29 is 28.3 Å². The van der Waals surface area contributed by atoms with E-state index in [2.05, 4.69) is 5.32 Å². The molecule has 0 fully saturated rings. The Kier molecular flexibility index (Phi) is 9.94. The normalized spacial score (nSPS) is 10.7. The van der Waals surface area contributed by atoms with E-state index in [0.29, 0.717) is 29.7 Å². The molecule has 4 aromatic carbocycles. The van der Waals surface area contributed by atoms with Crippen LogP contribution < -0.4 is 5.32 Å². The highest BCUT2D eigenvalue weighted by molar-refractivity contribution is 6.06. The van der Waals surface area contributed by atoms with Gasteiger partial charge < -0.3 is 15.3 Å². The molecule has 0 heterocycles. The maximum Gasteiger partial charge on any atom is 0.305 e. The first kappa shape index (κ1) is 29.1. The summed E-state index contributed by atoms with van der Waals surface area (Å²) in [5.41, 5.74) is 2.37. The molecule has 0 radical (unpaired) electrons. The van der Waals surface area contributed by atoms with Crippen molar-refractivity contribution in [1.82, 2.24) is 10.2 Å². The molecule has 0 aliphatic rings. The van der Waals surface area contributed by atoms with Gasteiger partial charge in [-0.15, -0.1) is 0 Å². The summed E-state index contributed by atoms with van der Waals surface area (Å²) in [6.07, 6.45) is 1.17. The lowest BCUT2D eigenvalue weighted by molar-refractivity contribution is -0.137. The van der Waals surface area contributed by atoms with Gasteiger partial charge in [-0.2, -0.15) is 0 Å². The average Bonchev–Trinajstić information content (AvgIpc) is 2.98. The molecule has 4 aromatic rings. The molecule has 2 amide bonds. The Hall–Kier alpha value is -4.85. The van der Waals surface area contributed by atoms with Gasteiger partial charge in [-0.25, -0.2) is 8.78 Å². The molecule has 4 rings (SSSR count). The smallest absolute Gasteiger partial charge is 0.305 e. The Labute approximate surface area is 237 Å². The third kappa shape index (κ3) is 7.63. The Morgan fingerprint density at radius 3 is 1.95 bits per heavy atom. The number of amides is 2. The van der Waals surface area contributed by atoms with Gasteiger partial charge in [0.15, 0.2) is 0 Å². The third-order valence-electron chi connectivity index (χ3n) is 6.73. The van der Waals surface area contributed by atoms with E-state index in [1.807, 2.05) is 30.3 Å². The first-order valence-corrected chi connectivity index (χ1v) is 13.3. The highest BCUT2D eigenvalue weighted by Crippen LogP contribution is 2.29. The fourth-order valence-corrected chi connectivity index (χ4v) is 4.62. The van der Waals surface area contributed by atoms with Crippen molar-refractivity contribution in [3.63, 3.8) is 0 Å². The summed E-state index contributed by atoms with van der Waals surface area (Å²) in [4.78, 5) is 39.9. The number of halogens is 2. The van der Waals surface area contributed by atoms with Crippen molar-refractivity contribution in [2.75, 3.05) is 13.1 Å². The monoisotopic (exact) mass is 556 g/mol. The van der Waals surface area contributed by atoms with Crippen molar-refractivity contribution in [3.8, 4) is 11.1 Å². The molecule has 0 aliphatic heterocycles. The maximum atomic E-state index is 14.1. The summed E-state index contributed by atoms with van der Waals surface area (Å²) in [7, 11) is 0. The van der Waals surface area contributed by atoms with Crippen LogP contribution in [-0.2, 0) is 17.8 Å². The summed E-state index contributed by atoms with van der Waals surface area (Å²) in [5, 5.41) is 11.9. The lowest BCUT2D eigenvalue weighted by Gasteiger charge is -2.24. The number of nitrogens with one attached hydrogen (secondary N) is 1. The average molecular weight is 557 g/mol. The SMILES string of the molecule is O=C(O)CCN(CCCc1ccccc1)C(=O)c1ccccc1-c1ccccc1C(=O)NCc1c(F)cccc1F. The minimum absolute atomic E-state index is 0.0353. The van der Waals surface area contributed by atoms with E-state index in [1.165, 1.54) is 11.0 Å². The van der Waals surface area contributed by atoms with Crippen LogP contribution in [0.5, 0.6) is 0 Å². The number of benzene rings is 4. The van der Waals surface area contributed by atoms with Crippen LogP contribution >= 0.6 is 0 Å². The van der Waals surface area contributed by atoms with Crippen LogP contribution in [-0.4, -0.2) is 40.9 Å². The van der Waals surface area contributed by atoms with Gasteiger partial charge in [0, 0.05) is 36.3 Å². The minimum atomic E-state index is -1.01. The molecule has 0 saturated carbocycles. The summed E-state index contributed by atoms with van der Waals surface area (Å²) >= 11 is 0. The molecule has 0 aliphatic carbocycles. The van der Waals surface area contributed by atoms with Crippen LogP contribution in [0.1, 0.15) is 44.7 Å². The highest BCUT2D eigenvalue weighted by atomic mass is 19.1. The fraction of sp³-hybridized carbons (Fsp3) is 0.182. The van der Waals surface area contributed by atoms with E-state index in [9.17, 15) is 28.3 Å². The molecule has 8 heteroatoms. The quantitative estimate of drug-likeness (QED) is 0.220. The van der Waals surface area contributed by atoms with Crippen molar-refractivity contribution in [3.05, 3.63) is 131 Å². The zero-order chi connectivity index (χ0) is 29.2. The summed E-state index contributed by atoms with van der Waals surface area (Å²) in [6, 6.07) is 26.8. The predicted octanol–water partition coefficient (Wildman–Crippen LogP) is 6.11. The molecule has 0 atom stereocenters. The Bertz CT molecular complexity index is 1500. The number of aryl methyl sites for hydroxylation is 1. The number of hydrogen-bond acceptors (Lipinski definition) is 3. The first-order chi connectivity index (χ1) is 19.8. The van der Waals surface area contributed by atoms with E-state index >= 15 is 0 Å². The number of hydrogen-bond donors (Lipinski definition) is 2. The summed E-state index contributed by atoms with van der Waals surface area (Å²) in [6.45, 7) is 0.0376. The number of rotatable bonds is 12. The topological polar surface area (TPSA) is 86.7 Å². The lowest BCUT2D eigenvalue weighted by atomic mass is 9.94. The second-order valence-corrected chi connectivity index (χ2v) is 9.50. The van der Waals surface area contributed by atoms with Gasteiger partial charge in [-0.05, 0) is 53.8 Å². The third-order valence-corrected chi connectivity index (χ3v) is 6.73. The van der Waals surface area contributed by atoms with Crippen LogP contribution in [0.15, 0.2) is 97.1 Å². The van der Waals surface area contributed by atoms with Crippen LogP contribution in [0.2, 0.25) is 0 Å². The number of carbonyl (C=O) groups is 3. The minimum Gasteiger partial charge on any atom is -0.481 e. The molecule has 0 aromatic heterocycles. The number of aliphatic carboxylic acids is 1. The molecule has 41 heavy (non-hydrogen) atoms. The fourth-order valence-electron chi connectivity index (χ4n) is 4.62. The lowest BCUT2D eigenvalue weighted by Crippen LogP contribution is -2.34.